The Balaban J connectivity index is 2.80. The first-order valence-electron chi connectivity index (χ1n) is 4.15. The molecule has 0 radical (unpaired) electrons. The van der Waals surface area contributed by atoms with E-state index in [9.17, 15) is 18.0 Å². The highest BCUT2D eigenvalue weighted by molar-refractivity contribution is 5.67. The van der Waals surface area contributed by atoms with Crippen molar-refractivity contribution in [1.82, 2.24) is 9.78 Å². The van der Waals surface area contributed by atoms with Crippen molar-refractivity contribution >= 4 is 5.97 Å². The van der Waals surface area contributed by atoms with E-state index in [-0.39, 0.29) is 6.42 Å². The minimum atomic E-state index is -4.49. The van der Waals surface area contributed by atoms with Crippen LogP contribution < -0.4 is 0 Å². The number of hydrogen-bond donors (Lipinski definition) is 1. The number of halogens is 3. The van der Waals surface area contributed by atoms with Crippen LogP contribution in [0.5, 0.6) is 0 Å². The van der Waals surface area contributed by atoms with E-state index in [0.29, 0.717) is 0 Å². The summed E-state index contributed by atoms with van der Waals surface area (Å²) >= 11 is 0. The monoisotopic (exact) mass is 222 g/mol. The Bertz CT molecular complexity index is 359. The van der Waals surface area contributed by atoms with Gasteiger partial charge in [0.1, 0.15) is 0 Å². The molecule has 0 bridgehead atoms. The normalized spacial score (nSPS) is 13.9. The molecule has 7 heteroatoms. The Morgan fingerprint density at radius 3 is 2.67 bits per heavy atom. The van der Waals surface area contributed by atoms with Gasteiger partial charge in [0.15, 0.2) is 5.69 Å². The van der Waals surface area contributed by atoms with Crippen LogP contribution in [0.25, 0.3) is 0 Å². The topological polar surface area (TPSA) is 55.1 Å². The molecule has 0 fully saturated rings. The largest absolute Gasteiger partial charge is 0.481 e. The summed E-state index contributed by atoms with van der Waals surface area (Å²) in [6, 6.07) is 0.219. The van der Waals surface area contributed by atoms with Crippen LogP contribution in [0.15, 0.2) is 12.3 Å². The first-order chi connectivity index (χ1) is 6.80. The van der Waals surface area contributed by atoms with Gasteiger partial charge in [-0.2, -0.15) is 18.3 Å². The molecule has 15 heavy (non-hydrogen) atoms. The van der Waals surface area contributed by atoms with Crippen molar-refractivity contribution in [3.8, 4) is 0 Å². The summed E-state index contributed by atoms with van der Waals surface area (Å²) in [6.07, 6.45) is -3.64. The third-order valence-electron chi connectivity index (χ3n) is 1.82. The van der Waals surface area contributed by atoms with E-state index in [4.69, 9.17) is 5.11 Å². The van der Waals surface area contributed by atoms with Gasteiger partial charge in [-0.05, 0) is 13.0 Å². The summed E-state index contributed by atoms with van der Waals surface area (Å²) in [7, 11) is 0. The number of hydrogen-bond acceptors (Lipinski definition) is 2. The highest BCUT2D eigenvalue weighted by Gasteiger charge is 2.33. The maximum absolute atomic E-state index is 12.1. The first-order valence-corrected chi connectivity index (χ1v) is 4.15. The summed E-state index contributed by atoms with van der Waals surface area (Å²) in [5, 5.41) is 11.7. The van der Waals surface area contributed by atoms with Crippen LogP contribution in [0.1, 0.15) is 25.1 Å². The van der Waals surface area contributed by atoms with E-state index in [1.54, 1.807) is 0 Å². The van der Waals surface area contributed by atoms with E-state index in [1.807, 2.05) is 0 Å². The zero-order chi connectivity index (χ0) is 11.6. The Kier molecular flexibility index (Phi) is 3.01. The van der Waals surface area contributed by atoms with Crippen LogP contribution in [0.3, 0.4) is 0 Å². The molecule has 0 saturated carbocycles. The lowest BCUT2D eigenvalue weighted by Gasteiger charge is -2.09. The average molecular weight is 222 g/mol. The van der Waals surface area contributed by atoms with E-state index in [0.717, 1.165) is 16.9 Å². The standard InChI is InChI=1S/C8H9F3N2O2/c1-5(4-7(14)15)13-3-2-6(12-13)8(9,10)11/h2-3,5H,4H2,1H3,(H,14,15). The van der Waals surface area contributed by atoms with Gasteiger partial charge in [0, 0.05) is 6.20 Å². The van der Waals surface area contributed by atoms with Gasteiger partial charge in [-0.1, -0.05) is 0 Å². The Labute approximate surface area is 83.3 Å². The molecule has 4 nitrogen and oxygen atoms in total. The number of nitrogens with zero attached hydrogens (tertiary/aromatic N) is 2. The van der Waals surface area contributed by atoms with Crippen molar-refractivity contribution in [2.24, 2.45) is 0 Å². The van der Waals surface area contributed by atoms with Crippen LogP contribution in [0, 0.1) is 0 Å². The molecule has 0 aromatic carbocycles. The molecular formula is C8H9F3N2O2. The Morgan fingerprint density at radius 2 is 2.27 bits per heavy atom. The lowest BCUT2D eigenvalue weighted by molar-refractivity contribution is -0.141. The number of carboxylic acid groups (broad SMARTS) is 1. The zero-order valence-electron chi connectivity index (χ0n) is 7.82. The lowest BCUT2D eigenvalue weighted by Crippen LogP contribution is -2.13. The fraction of sp³-hybridized carbons (Fsp3) is 0.500. The van der Waals surface area contributed by atoms with Gasteiger partial charge >= 0.3 is 12.1 Å². The van der Waals surface area contributed by atoms with Crippen molar-refractivity contribution in [2.75, 3.05) is 0 Å². The molecule has 84 valence electrons. The van der Waals surface area contributed by atoms with Crippen LogP contribution in [-0.4, -0.2) is 20.9 Å². The van der Waals surface area contributed by atoms with Crippen LogP contribution in [-0.2, 0) is 11.0 Å². The van der Waals surface area contributed by atoms with Crippen LogP contribution >= 0.6 is 0 Å². The summed E-state index contributed by atoms with van der Waals surface area (Å²) in [4.78, 5) is 10.3. The van der Waals surface area contributed by atoms with Crippen molar-refractivity contribution < 1.29 is 23.1 Å². The fourth-order valence-electron chi connectivity index (χ4n) is 1.08. The third-order valence-corrected chi connectivity index (χ3v) is 1.82. The summed E-state index contributed by atoms with van der Waals surface area (Å²) < 4.78 is 37.4. The molecule has 0 aliphatic rings. The van der Waals surface area contributed by atoms with E-state index in [2.05, 4.69) is 5.10 Å². The smallest absolute Gasteiger partial charge is 0.435 e. The second kappa shape index (κ2) is 3.92. The predicted octanol–water partition coefficient (Wildman–Crippen LogP) is 1.94. The zero-order valence-corrected chi connectivity index (χ0v) is 7.82. The number of carbonyl (C=O) groups is 1. The van der Waals surface area contributed by atoms with Crippen molar-refractivity contribution in [2.45, 2.75) is 25.6 Å². The molecule has 0 aliphatic heterocycles. The number of aliphatic carboxylic acids is 1. The van der Waals surface area contributed by atoms with Crippen molar-refractivity contribution in [1.29, 1.82) is 0 Å². The van der Waals surface area contributed by atoms with E-state index < -0.39 is 23.9 Å². The highest BCUT2D eigenvalue weighted by atomic mass is 19.4. The second-order valence-corrected chi connectivity index (χ2v) is 3.13. The molecule has 1 unspecified atom stereocenters. The molecule has 1 aromatic rings. The lowest BCUT2D eigenvalue weighted by atomic mass is 10.2. The predicted molar refractivity (Wildman–Crippen MR) is 44.2 cm³/mol. The van der Waals surface area contributed by atoms with Crippen molar-refractivity contribution in [3.63, 3.8) is 0 Å². The van der Waals surface area contributed by atoms with Gasteiger partial charge in [0.2, 0.25) is 0 Å². The quantitative estimate of drug-likeness (QED) is 0.850. The van der Waals surface area contributed by atoms with Gasteiger partial charge in [0.25, 0.3) is 0 Å². The molecule has 0 spiro atoms. The minimum absolute atomic E-state index is 0.265. The number of carboxylic acids is 1. The maximum Gasteiger partial charge on any atom is 0.435 e. The summed E-state index contributed by atoms with van der Waals surface area (Å²) in [5.41, 5.74) is -1.01. The highest BCUT2D eigenvalue weighted by Crippen LogP contribution is 2.28. The first kappa shape index (κ1) is 11.5. The molecule has 0 aliphatic carbocycles. The Morgan fingerprint density at radius 1 is 1.67 bits per heavy atom. The molecule has 1 rings (SSSR count). The van der Waals surface area contributed by atoms with E-state index >= 15 is 0 Å². The minimum Gasteiger partial charge on any atom is -0.481 e. The van der Waals surface area contributed by atoms with Gasteiger partial charge < -0.3 is 5.11 Å². The Hall–Kier alpha value is -1.53. The number of aromatic nitrogens is 2. The van der Waals surface area contributed by atoms with Crippen LogP contribution in [0.2, 0.25) is 0 Å². The molecule has 1 heterocycles. The van der Waals surface area contributed by atoms with Crippen LogP contribution in [0.4, 0.5) is 13.2 Å². The molecule has 1 aromatic heterocycles. The van der Waals surface area contributed by atoms with Gasteiger partial charge in [-0.3, -0.25) is 9.48 Å². The molecule has 0 amide bonds. The second-order valence-electron chi connectivity index (χ2n) is 3.13. The maximum atomic E-state index is 12.1. The summed E-state index contributed by atoms with van der Waals surface area (Å²) in [6.45, 7) is 1.49. The molecule has 1 N–H and O–H groups in total. The fourth-order valence-corrected chi connectivity index (χ4v) is 1.08. The van der Waals surface area contributed by atoms with E-state index in [1.165, 1.54) is 6.92 Å². The SMILES string of the molecule is CC(CC(=O)O)n1ccc(C(F)(F)F)n1. The van der Waals surface area contributed by atoms with Crippen molar-refractivity contribution in [3.05, 3.63) is 18.0 Å². The third kappa shape index (κ3) is 2.97. The van der Waals surface area contributed by atoms with Gasteiger partial charge in [0.05, 0.1) is 12.5 Å². The molecule has 1 atom stereocenters. The number of rotatable bonds is 3. The molecular weight excluding hydrogens is 213 g/mol. The number of alkyl halides is 3. The van der Waals surface area contributed by atoms with Gasteiger partial charge in [-0.25, -0.2) is 0 Å². The average Bonchev–Trinajstić information content (AvgIpc) is 2.48. The summed E-state index contributed by atoms with van der Waals surface area (Å²) in [5.74, 6) is -1.08. The van der Waals surface area contributed by atoms with Gasteiger partial charge in [-0.15, -0.1) is 0 Å². The molecule has 0 saturated heterocycles.